The molecule has 0 fully saturated rings. The zero-order valence-corrected chi connectivity index (χ0v) is 16.2. The number of halogens is 2. The first-order valence-electron chi connectivity index (χ1n) is 8.53. The summed E-state index contributed by atoms with van der Waals surface area (Å²) in [6.45, 7) is 3.49. The average Bonchev–Trinajstić information content (AvgIpc) is 3.30. The summed E-state index contributed by atoms with van der Waals surface area (Å²) in [6.07, 6.45) is 0. The summed E-state index contributed by atoms with van der Waals surface area (Å²) in [7, 11) is 0. The predicted octanol–water partition coefficient (Wildman–Crippen LogP) is 3.93. The van der Waals surface area contributed by atoms with Gasteiger partial charge in [0.1, 0.15) is 17.3 Å². The Kier molecular flexibility index (Phi) is 4.85. The molecule has 10 heteroatoms. The molecule has 1 N–H and O–H groups in total. The molecule has 0 saturated carbocycles. The number of aryl methyl sites for hydroxylation is 1. The minimum atomic E-state index is -0.636. The highest BCUT2D eigenvalue weighted by molar-refractivity contribution is 7.10. The lowest BCUT2D eigenvalue weighted by Crippen LogP contribution is -2.13. The number of benzene rings is 2. The van der Waals surface area contributed by atoms with E-state index in [-0.39, 0.29) is 17.4 Å². The maximum absolute atomic E-state index is 14.1. The van der Waals surface area contributed by atoms with Gasteiger partial charge in [-0.3, -0.25) is 10.1 Å². The molecule has 0 aliphatic heterocycles. The maximum atomic E-state index is 14.1. The van der Waals surface area contributed by atoms with Crippen LogP contribution in [-0.2, 0) is 0 Å². The number of amides is 1. The van der Waals surface area contributed by atoms with Crippen LogP contribution in [0.15, 0.2) is 42.5 Å². The zero-order valence-electron chi connectivity index (χ0n) is 15.3. The summed E-state index contributed by atoms with van der Waals surface area (Å²) in [6, 6.07) is 10.3. The van der Waals surface area contributed by atoms with Crippen LogP contribution >= 0.6 is 11.5 Å². The van der Waals surface area contributed by atoms with Crippen molar-refractivity contribution in [2.75, 3.05) is 5.32 Å². The van der Waals surface area contributed by atoms with Crippen LogP contribution in [0.1, 0.15) is 21.6 Å². The lowest BCUT2D eigenvalue weighted by atomic mass is 10.1. The summed E-state index contributed by atoms with van der Waals surface area (Å²) in [5.41, 5.74) is 2.05. The van der Waals surface area contributed by atoms with Crippen molar-refractivity contribution in [1.82, 2.24) is 24.4 Å². The highest BCUT2D eigenvalue weighted by Gasteiger charge is 2.19. The molecule has 4 aromatic rings. The van der Waals surface area contributed by atoms with Gasteiger partial charge in [0.2, 0.25) is 5.13 Å². The first kappa shape index (κ1) is 18.8. The van der Waals surface area contributed by atoms with Crippen LogP contribution in [0, 0.1) is 25.5 Å². The molecule has 0 bridgehead atoms. The molecule has 0 saturated heterocycles. The molecule has 0 unspecified atom stereocenters. The normalized spacial score (nSPS) is 10.9. The van der Waals surface area contributed by atoms with Crippen LogP contribution in [0.5, 0.6) is 0 Å². The van der Waals surface area contributed by atoms with Gasteiger partial charge >= 0.3 is 0 Å². The number of carbonyl (C=O) groups excluding carboxylic acids is 1. The Balaban J connectivity index is 1.61. The second kappa shape index (κ2) is 7.47. The van der Waals surface area contributed by atoms with Crippen molar-refractivity contribution in [2.24, 2.45) is 0 Å². The molecule has 146 valence electrons. The Hall–Kier alpha value is -3.53. The van der Waals surface area contributed by atoms with Crippen LogP contribution in [-0.4, -0.2) is 30.3 Å². The molecule has 2 aromatic carbocycles. The van der Waals surface area contributed by atoms with E-state index in [2.05, 4.69) is 25.0 Å². The summed E-state index contributed by atoms with van der Waals surface area (Å²) in [5.74, 6) is -1.29. The molecular weight excluding hydrogens is 398 g/mol. The van der Waals surface area contributed by atoms with Crippen LogP contribution < -0.4 is 5.32 Å². The molecule has 4 rings (SSSR count). The Labute approximate surface area is 168 Å². The monoisotopic (exact) mass is 412 g/mol. The molecule has 0 aliphatic rings. The van der Waals surface area contributed by atoms with Gasteiger partial charge in [0.05, 0.1) is 5.69 Å². The van der Waals surface area contributed by atoms with E-state index >= 15 is 0 Å². The standard InChI is InChI=1S/C19H14F2N6OS/c1-10-5-3-4-6-13(10)18(28)23-19-22-17(25-29-19)16-11(2)27(26-24-16)15-9-12(20)7-8-14(15)21/h3-9H,1-2H3,(H,22,23,25,28). The van der Waals surface area contributed by atoms with Gasteiger partial charge in [-0.15, -0.1) is 5.10 Å². The fourth-order valence-corrected chi connectivity index (χ4v) is 3.34. The third-order valence-corrected chi connectivity index (χ3v) is 4.91. The van der Waals surface area contributed by atoms with E-state index in [0.29, 0.717) is 22.1 Å². The zero-order chi connectivity index (χ0) is 20.5. The molecular formula is C19H14F2N6OS. The Morgan fingerprint density at radius 2 is 1.93 bits per heavy atom. The Bertz CT molecular complexity index is 1220. The third kappa shape index (κ3) is 3.61. The van der Waals surface area contributed by atoms with E-state index in [0.717, 1.165) is 35.3 Å². The van der Waals surface area contributed by atoms with Crippen molar-refractivity contribution >= 4 is 22.6 Å². The highest BCUT2D eigenvalue weighted by Crippen LogP contribution is 2.25. The summed E-state index contributed by atoms with van der Waals surface area (Å²) < 4.78 is 32.9. The van der Waals surface area contributed by atoms with Crippen molar-refractivity contribution in [2.45, 2.75) is 13.8 Å². The largest absolute Gasteiger partial charge is 0.297 e. The third-order valence-electron chi connectivity index (χ3n) is 4.28. The number of nitrogens with zero attached hydrogens (tertiary/aromatic N) is 5. The SMILES string of the molecule is Cc1ccccc1C(=O)Nc1nc(-c2nnn(-c3cc(F)ccc3F)c2C)ns1. The summed E-state index contributed by atoms with van der Waals surface area (Å²) in [4.78, 5) is 16.7. The first-order chi connectivity index (χ1) is 13.9. The van der Waals surface area contributed by atoms with Crippen LogP contribution in [0.4, 0.5) is 13.9 Å². The number of hydrogen-bond donors (Lipinski definition) is 1. The summed E-state index contributed by atoms with van der Waals surface area (Å²) in [5, 5.41) is 10.9. The molecule has 2 aromatic heterocycles. The fourth-order valence-electron chi connectivity index (χ4n) is 2.78. The quantitative estimate of drug-likeness (QED) is 0.549. The lowest BCUT2D eigenvalue weighted by Gasteiger charge is -2.05. The van der Waals surface area contributed by atoms with Crippen LogP contribution in [0.3, 0.4) is 0 Å². The second-order valence-corrected chi connectivity index (χ2v) is 6.98. The minimum absolute atomic E-state index is 0.0652. The molecule has 0 spiro atoms. The van der Waals surface area contributed by atoms with E-state index in [9.17, 15) is 13.6 Å². The number of rotatable bonds is 4. The van der Waals surface area contributed by atoms with Gasteiger partial charge < -0.3 is 0 Å². The van der Waals surface area contributed by atoms with E-state index in [1.54, 1.807) is 19.1 Å². The van der Waals surface area contributed by atoms with E-state index < -0.39 is 11.6 Å². The van der Waals surface area contributed by atoms with Crippen LogP contribution in [0.25, 0.3) is 17.2 Å². The first-order valence-corrected chi connectivity index (χ1v) is 9.30. The molecule has 0 radical (unpaired) electrons. The number of carbonyl (C=O) groups is 1. The lowest BCUT2D eigenvalue weighted by molar-refractivity contribution is 0.102. The Morgan fingerprint density at radius 1 is 1.14 bits per heavy atom. The average molecular weight is 412 g/mol. The molecule has 7 nitrogen and oxygen atoms in total. The predicted molar refractivity (Wildman–Crippen MR) is 104 cm³/mol. The van der Waals surface area contributed by atoms with Gasteiger partial charge in [-0.2, -0.15) is 9.36 Å². The van der Waals surface area contributed by atoms with Crippen molar-refractivity contribution in [3.05, 3.63) is 70.9 Å². The highest BCUT2D eigenvalue weighted by atomic mass is 32.1. The van der Waals surface area contributed by atoms with Gasteiger partial charge in [0, 0.05) is 23.2 Å². The van der Waals surface area contributed by atoms with E-state index in [4.69, 9.17) is 0 Å². The topological polar surface area (TPSA) is 85.6 Å². The van der Waals surface area contributed by atoms with Crippen molar-refractivity contribution in [3.63, 3.8) is 0 Å². The number of aromatic nitrogens is 5. The molecule has 0 atom stereocenters. The maximum Gasteiger partial charge on any atom is 0.257 e. The minimum Gasteiger partial charge on any atom is -0.297 e. The van der Waals surface area contributed by atoms with Gasteiger partial charge in [-0.1, -0.05) is 23.4 Å². The van der Waals surface area contributed by atoms with Crippen molar-refractivity contribution < 1.29 is 13.6 Å². The molecule has 29 heavy (non-hydrogen) atoms. The number of anilines is 1. The van der Waals surface area contributed by atoms with E-state index in [1.165, 1.54) is 4.68 Å². The second-order valence-electron chi connectivity index (χ2n) is 6.22. The number of hydrogen-bond acceptors (Lipinski definition) is 6. The summed E-state index contributed by atoms with van der Waals surface area (Å²) >= 11 is 0.988. The number of nitrogens with one attached hydrogen (secondary N) is 1. The molecule has 2 heterocycles. The van der Waals surface area contributed by atoms with Gasteiger partial charge in [0.25, 0.3) is 5.91 Å². The molecule has 0 aliphatic carbocycles. The van der Waals surface area contributed by atoms with E-state index in [1.807, 2.05) is 19.1 Å². The fraction of sp³-hybridized carbons (Fsp3) is 0.105. The Morgan fingerprint density at radius 3 is 2.72 bits per heavy atom. The van der Waals surface area contributed by atoms with Crippen molar-refractivity contribution in [3.8, 4) is 17.2 Å². The van der Waals surface area contributed by atoms with Crippen molar-refractivity contribution in [1.29, 1.82) is 0 Å². The van der Waals surface area contributed by atoms with Gasteiger partial charge in [-0.05, 0) is 37.6 Å². The van der Waals surface area contributed by atoms with Gasteiger partial charge in [-0.25, -0.2) is 13.5 Å². The van der Waals surface area contributed by atoms with Crippen LogP contribution in [0.2, 0.25) is 0 Å². The van der Waals surface area contributed by atoms with Gasteiger partial charge in [0.15, 0.2) is 11.5 Å². The molecule has 1 amide bonds. The smallest absolute Gasteiger partial charge is 0.257 e.